The van der Waals surface area contributed by atoms with Crippen LogP contribution in [-0.4, -0.2) is 6.72 Å². The molecule has 1 rings (SSSR count). The smallest absolute Gasteiger partial charge is 0.0420 e. The number of benzene rings is 1. The van der Waals surface area contributed by atoms with E-state index in [1.807, 2.05) is 6.07 Å². The average molecular weight is 247 g/mol. The number of rotatable bonds is 0. The molecule has 0 spiro atoms. The number of hydrogen-bond acceptors (Lipinski definition) is 1. The Labute approximate surface area is 94.4 Å². The van der Waals surface area contributed by atoms with Gasteiger partial charge in [0.1, 0.15) is 0 Å². The van der Waals surface area contributed by atoms with Crippen LogP contribution in [0.3, 0.4) is 0 Å². The van der Waals surface area contributed by atoms with E-state index in [-0.39, 0.29) is 24.8 Å². The van der Waals surface area contributed by atoms with Gasteiger partial charge in [0.25, 0.3) is 0 Å². The van der Waals surface area contributed by atoms with Crippen molar-refractivity contribution in [2.45, 2.75) is 0 Å². The molecule has 12 heavy (non-hydrogen) atoms. The average Bonchev–Trinajstić information content (AvgIpc) is 1.91. The molecule has 1 nitrogen and oxygen atoms in total. The van der Waals surface area contributed by atoms with E-state index in [1.165, 1.54) is 0 Å². The van der Waals surface area contributed by atoms with Gasteiger partial charge in [-0.1, -0.05) is 29.3 Å². The van der Waals surface area contributed by atoms with Crippen LogP contribution in [0.15, 0.2) is 24.3 Å². The summed E-state index contributed by atoms with van der Waals surface area (Å²) < 4.78 is 0. The Bertz CT molecular complexity index is 187. The molecule has 0 heterocycles. The van der Waals surface area contributed by atoms with Crippen LogP contribution in [0.4, 0.5) is 0 Å². The van der Waals surface area contributed by atoms with Gasteiger partial charge in [0, 0.05) is 10.0 Å². The molecule has 0 atom stereocenters. The van der Waals surface area contributed by atoms with Crippen LogP contribution in [0.2, 0.25) is 10.0 Å². The highest BCUT2D eigenvalue weighted by atomic mass is 35.5. The van der Waals surface area contributed by atoms with Crippen molar-refractivity contribution in [3.63, 3.8) is 0 Å². The van der Waals surface area contributed by atoms with Crippen molar-refractivity contribution in [2.24, 2.45) is 0 Å². The lowest BCUT2D eigenvalue weighted by molar-refractivity contribution is -0.00100. The minimum absolute atomic E-state index is 0. The molecule has 1 aromatic carbocycles. The van der Waals surface area contributed by atoms with Gasteiger partial charge in [-0.3, -0.25) is 0 Å². The summed E-state index contributed by atoms with van der Waals surface area (Å²) in [6.07, 6.45) is 0. The first-order chi connectivity index (χ1) is 4.79. The monoisotopic (exact) mass is 245 g/mol. The fourth-order valence-electron chi connectivity index (χ4n) is 0.460. The van der Waals surface area contributed by atoms with Gasteiger partial charge in [0.05, 0.1) is 0 Å². The highest BCUT2D eigenvalue weighted by Gasteiger charge is 1.84. The first kappa shape index (κ1) is 18.0. The molecular weight excluding hydrogens is 240 g/mol. The predicted molar refractivity (Wildman–Crippen MR) is 46.3 cm³/mol. The van der Waals surface area contributed by atoms with Gasteiger partial charge < -0.3 is 30.2 Å². The maximum absolute atomic E-state index is 5.56. The van der Waals surface area contributed by atoms with Crippen molar-refractivity contribution in [3.8, 4) is 0 Å². The maximum atomic E-state index is 5.56. The van der Waals surface area contributed by atoms with Crippen LogP contribution in [0.25, 0.3) is 0 Å². The second-order valence-electron chi connectivity index (χ2n) is 1.44. The molecule has 0 radical (unpaired) electrons. The van der Waals surface area contributed by atoms with Crippen molar-refractivity contribution in [3.05, 3.63) is 34.3 Å². The van der Waals surface area contributed by atoms with E-state index >= 15 is 0 Å². The third kappa shape index (κ3) is 8.15. The van der Waals surface area contributed by atoms with E-state index in [2.05, 4.69) is 6.72 Å². The van der Waals surface area contributed by atoms with Gasteiger partial charge in [-0.15, -0.1) is 0 Å². The van der Waals surface area contributed by atoms with Gasteiger partial charge in [0.15, 0.2) is 0 Å². The van der Waals surface area contributed by atoms with Crippen molar-refractivity contribution >= 4 is 29.9 Å². The lowest BCUT2D eigenvalue weighted by Crippen LogP contribution is -3.00. The maximum Gasteiger partial charge on any atom is 0.0420 e. The number of hydrogen-bond donors (Lipinski definition) is 1. The first-order valence-corrected chi connectivity index (χ1v) is 3.31. The summed E-state index contributed by atoms with van der Waals surface area (Å²) >= 11 is 11.1. The molecule has 0 unspecified atom stereocenters. The summed E-state index contributed by atoms with van der Waals surface area (Å²) in [4.78, 5) is 0. The molecule has 0 fully saturated rings. The summed E-state index contributed by atoms with van der Waals surface area (Å²) in [7, 11) is 0. The molecule has 0 aliphatic rings. The van der Waals surface area contributed by atoms with Crippen LogP contribution in [0.5, 0.6) is 0 Å². The van der Waals surface area contributed by atoms with Crippen LogP contribution >= 0.6 is 23.2 Å². The van der Waals surface area contributed by atoms with E-state index in [9.17, 15) is 0 Å². The molecule has 0 aliphatic heterocycles. The second-order valence-corrected chi connectivity index (χ2v) is 2.31. The Kier molecular flexibility index (Phi) is 16.5. The minimum Gasteiger partial charge on any atom is -1.00 e. The number of halogens is 4. The van der Waals surface area contributed by atoms with Crippen molar-refractivity contribution in [1.82, 2.24) is 0 Å². The summed E-state index contributed by atoms with van der Waals surface area (Å²) in [5.41, 5.74) is 0. The molecule has 0 amide bonds. The van der Waals surface area contributed by atoms with Gasteiger partial charge in [-0.2, -0.15) is 0 Å². The van der Waals surface area contributed by atoms with Crippen molar-refractivity contribution < 1.29 is 24.8 Å². The third-order valence-corrected chi connectivity index (χ3v) is 1.26. The molecule has 0 aromatic heterocycles. The van der Waals surface area contributed by atoms with E-state index < -0.39 is 0 Å². The second kappa shape index (κ2) is 11.1. The minimum atomic E-state index is 0. The van der Waals surface area contributed by atoms with Crippen molar-refractivity contribution in [2.75, 3.05) is 0 Å². The lowest BCUT2D eigenvalue weighted by atomic mass is 10.4. The van der Waals surface area contributed by atoms with E-state index in [4.69, 9.17) is 28.6 Å². The summed E-state index contributed by atoms with van der Waals surface area (Å²) in [5, 5.41) is 6.86. The molecule has 0 saturated carbocycles. The largest absolute Gasteiger partial charge is 1.00 e. The molecule has 0 bridgehead atoms. The molecule has 70 valence electrons. The zero-order valence-corrected chi connectivity index (χ0v) is 9.05. The Morgan fingerprint density at radius 2 is 1.33 bits per heavy atom. The number of nitrogens with one attached hydrogen (secondary N) is 1. The zero-order chi connectivity index (χ0) is 7.98. The summed E-state index contributed by atoms with van der Waals surface area (Å²) in [6, 6.07) is 7.08. The molecule has 5 heteroatoms. The highest BCUT2D eigenvalue weighted by Crippen LogP contribution is 2.13. The normalized spacial score (nSPS) is 6.50. The predicted octanol–water partition coefficient (Wildman–Crippen LogP) is -2.73. The molecular formula is C7H7Cl4N-2. The lowest BCUT2D eigenvalue weighted by Gasteiger charge is -1.86. The van der Waals surface area contributed by atoms with E-state index in [0.29, 0.717) is 10.0 Å². The van der Waals surface area contributed by atoms with Crippen LogP contribution in [0, 0.1) is 5.41 Å². The summed E-state index contributed by atoms with van der Waals surface area (Å²) in [5.74, 6) is 0. The Balaban J connectivity index is -0.000000189. The van der Waals surface area contributed by atoms with Crippen LogP contribution in [-0.2, 0) is 0 Å². The van der Waals surface area contributed by atoms with Gasteiger partial charge in [-0.05, 0) is 24.9 Å². The quantitative estimate of drug-likeness (QED) is 0.481. The van der Waals surface area contributed by atoms with E-state index in [1.54, 1.807) is 18.2 Å². The zero-order valence-electron chi connectivity index (χ0n) is 6.03. The van der Waals surface area contributed by atoms with Crippen LogP contribution < -0.4 is 24.8 Å². The highest BCUT2D eigenvalue weighted by molar-refractivity contribution is 6.34. The first-order valence-electron chi connectivity index (χ1n) is 2.55. The summed E-state index contributed by atoms with van der Waals surface area (Å²) in [6.45, 7) is 2.50. The van der Waals surface area contributed by atoms with Crippen LogP contribution in [0.1, 0.15) is 0 Å². The fourth-order valence-corrected chi connectivity index (χ4v) is 0.896. The van der Waals surface area contributed by atoms with Gasteiger partial charge >= 0.3 is 0 Å². The van der Waals surface area contributed by atoms with Crippen molar-refractivity contribution in [1.29, 1.82) is 5.41 Å². The Hall–Kier alpha value is 0.0500. The fraction of sp³-hybridized carbons (Fsp3) is 0. The third-order valence-electron chi connectivity index (χ3n) is 0.787. The van der Waals surface area contributed by atoms with Gasteiger partial charge in [0.2, 0.25) is 0 Å². The Morgan fingerprint density at radius 3 is 1.50 bits per heavy atom. The topological polar surface area (TPSA) is 23.9 Å². The molecule has 0 aliphatic carbocycles. The van der Waals surface area contributed by atoms with E-state index in [0.717, 1.165) is 0 Å². The molecule has 1 N–H and O–H groups in total. The standard InChI is InChI=1S/C6H4Cl2.CH3N.2ClH/c7-5-2-1-3-6(8)4-5;1-2;;/h1-4H;2H,1H2;2*1H/p-2. The van der Waals surface area contributed by atoms with Gasteiger partial charge in [-0.25, -0.2) is 0 Å². The molecule has 0 saturated heterocycles. The Morgan fingerprint density at radius 1 is 1.00 bits per heavy atom. The molecule has 1 aromatic rings. The SMILES string of the molecule is C=N.Clc1cccc(Cl)c1.[Cl-].[Cl-].